The zero-order valence-electron chi connectivity index (χ0n) is 19.8. The minimum Gasteiger partial charge on any atom is -0.383 e. The van der Waals surface area contributed by atoms with Crippen molar-refractivity contribution in [3.63, 3.8) is 0 Å². The Labute approximate surface area is 217 Å². The molecule has 1 fully saturated rings. The maximum atomic E-state index is 6.33. The molecule has 0 unspecified atom stereocenters. The van der Waals surface area contributed by atoms with Crippen molar-refractivity contribution in [2.75, 3.05) is 29.5 Å². The first kappa shape index (κ1) is 22.9. The molecule has 0 saturated carbocycles. The molecule has 6 aromatic rings. The summed E-state index contributed by atoms with van der Waals surface area (Å²) < 4.78 is 3.50. The molecule has 6 heterocycles. The first-order valence-corrected chi connectivity index (χ1v) is 11.9. The Kier molecular flexibility index (Phi) is 5.49. The summed E-state index contributed by atoms with van der Waals surface area (Å²) in [7, 11) is 0. The number of rotatable bonds is 4. The Morgan fingerprint density at radius 1 is 0.919 bits per heavy atom. The van der Waals surface area contributed by atoms with Crippen molar-refractivity contribution in [1.82, 2.24) is 39.3 Å². The summed E-state index contributed by atoms with van der Waals surface area (Å²) in [4.78, 5) is 20.3. The van der Waals surface area contributed by atoms with E-state index in [2.05, 4.69) is 43.1 Å². The molecular formula is C25H24ClN11. The predicted molar refractivity (Wildman–Crippen MR) is 146 cm³/mol. The average molecular weight is 514 g/mol. The summed E-state index contributed by atoms with van der Waals surface area (Å²) in [5.74, 6) is 1.75. The summed E-state index contributed by atoms with van der Waals surface area (Å²) in [5.41, 5.74) is 16.8. The fraction of sp³-hybridized carbons (Fsp3) is 0.200. The molecule has 37 heavy (non-hydrogen) atoms. The number of nitrogens with two attached hydrogens (primary N) is 2. The van der Waals surface area contributed by atoms with Gasteiger partial charge in [0.15, 0.2) is 11.3 Å². The molecule has 11 nitrogen and oxygen atoms in total. The third kappa shape index (κ3) is 3.84. The second-order valence-corrected chi connectivity index (χ2v) is 9.00. The number of halogens is 1. The molecule has 5 aromatic heterocycles. The van der Waals surface area contributed by atoms with Crippen molar-refractivity contribution in [3.05, 3.63) is 60.6 Å². The van der Waals surface area contributed by atoms with Gasteiger partial charge in [-0.3, -0.25) is 0 Å². The van der Waals surface area contributed by atoms with E-state index >= 15 is 0 Å². The van der Waals surface area contributed by atoms with E-state index < -0.39 is 0 Å². The highest BCUT2D eigenvalue weighted by molar-refractivity contribution is 5.97. The summed E-state index contributed by atoms with van der Waals surface area (Å²) >= 11 is 0. The summed E-state index contributed by atoms with van der Waals surface area (Å²) in [6, 6.07) is 14.1. The molecule has 1 aliphatic heterocycles. The lowest BCUT2D eigenvalue weighted by atomic mass is 10.1. The summed E-state index contributed by atoms with van der Waals surface area (Å²) in [6.45, 7) is 2.55. The van der Waals surface area contributed by atoms with Crippen LogP contribution in [-0.4, -0.2) is 52.4 Å². The highest BCUT2D eigenvalue weighted by Gasteiger charge is 2.21. The van der Waals surface area contributed by atoms with E-state index in [4.69, 9.17) is 21.5 Å². The quantitative estimate of drug-likeness (QED) is 0.363. The van der Waals surface area contributed by atoms with E-state index in [9.17, 15) is 0 Å². The van der Waals surface area contributed by atoms with Crippen LogP contribution in [0.2, 0.25) is 0 Å². The number of pyridine rings is 1. The van der Waals surface area contributed by atoms with Gasteiger partial charge in [-0.25, -0.2) is 29.1 Å². The lowest BCUT2D eigenvalue weighted by molar-refractivity contribution is 0.707. The van der Waals surface area contributed by atoms with Gasteiger partial charge in [0.2, 0.25) is 0 Å². The SMILES string of the molecule is Cl.Nc1cn2nc(-c3nn(Cc4cc(N5CCCC5)nc5ccccc45)c4ncnc(N)c34)ccc2n1. The van der Waals surface area contributed by atoms with E-state index in [1.807, 2.05) is 28.9 Å². The Morgan fingerprint density at radius 3 is 2.62 bits per heavy atom. The van der Waals surface area contributed by atoms with E-state index in [-0.39, 0.29) is 12.4 Å². The second-order valence-electron chi connectivity index (χ2n) is 9.00. The fourth-order valence-electron chi connectivity index (χ4n) is 4.98. The number of fused-ring (bicyclic) bond motifs is 3. The van der Waals surface area contributed by atoms with E-state index in [0.29, 0.717) is 46.2 Å². The van der Waals surface area contributed by atoms with Crippen molar-refractivity contribution in [2.24, 2.45) is 0 Å². The maximum Gasteiger partial charge on any atom is 0.164 e. The maximum absolute atomic E-state index is 6.33. The van der Waals surface area contributed by atoms with E-state index in [1.54, 1.807) is 10.7 Å². The van der Waals surface area contributed by atoms with Crippen molar-refractivity contribution in [3.8, 4) is 11.4 Å². The summed E-state index contributed by atoms with van der Waals surface area (Å²) in [5, 5.41) is 11.3. The molecule has 0 aliphatic carbocycles. The first-order valence-electron chi connectivity index (χ1n) is 11.9. The number of benzene rings is 1. The largest absolute Gasteiger partial charge is 0.383 e. The second kappa shape index (κ2) is 8.86. The number of hydrogen-bond donors (Lipinski definition) is 2. The van der Waals surface area contributed by atoms with Gasteiger partial charge in [-0.15, -0.1) is 12.4 Å². The van der Waals surface area contributed by atoms with Crippen LogP contribution in [0.4, 0.5) is 17.5 Å². The molecule has 1 aliphatic rings. The number of para-hydroxylation sites is 1. The normalized spacial score (nSPS) is 13.6. The van der Waals surface area contributed by atoms with Crippen LogP contribution in [0.3, 0.4) is 0 Å². The molecule has 1 saturated heterocycles. The Balaban J connectivity index is 0.00000252. The Bertz CT molecular complexity index is 1770. The Morgan fingerprint density at radius 2 is 1.76 bits per heavy atom. The van der Waals surface area contributed by atoms with Crippen LogP contribution in [0.15, 0.2) is 55.0 Å². The standard InChI is InChI=1S/C25H23N11.ClH/c26-19-13-35-20(31-19)8-7-18(32-35)23-22-24(27)28-14-29-25(22)36(33-23)12-15-11-21(34-9-3-4-10-34)30-17-6-2-1-5-16(15)17;/h1-2,5-8,11,13-14H,3-4,9-10,12,26H2,(H2,27,28,29);1H. The van der Waals surface area contributed by atoms with Crippen molar-refractivity contribution >= 4 is 57.4 Å². The van der Waals surface area contributed by atoms with Crippen molar-refractivity contribution < 1.29 is 0 Å². The van der Waals surface area contributed by atoms with Gasteiger partial charge in [-0.05, 0) is 42.7 Å². The van der Waals surface area contributed by atoms with E-state index in [1.165, 1.54) is 19.2 Å². The van der Waals surface area contributed by atoms with Gasteiger partial charge in [-0.2, -0.15) is 10.2 Å². The summed E-state index contributed by atoms with van der Waals surface area (Å²) in [6.07, 6.45) is 5.51. The number of anilines is 3. The van der Waals surface area contributed by atoms with Gasteiger partial charge in [0.1, 0.15) is 35.2 Å². The number of nitrogens with zero attached hydrogens (tertiary/aromatic N) is 9. The third-order valence-corrected chi connectivity index (χ3v) is 6.68. The Hall–Kier alpha value is -4.51. The zero-order valence-corrected chi connectivity index (χ0v) is 20.6. The molecule has 1 aromatic carbocycles. The van der Waals surface area contributed by atoms with Crippen molar-refractivity contribution in [2.45, 2.75) is 19.4 Å². The molecule has 4 N–H and O–H groups in total. The monoisotopic (exact) mass is 513 g/mol. The van der Waals surface area contributed by atoms with Gasteiger partial charge in [-0.1, -0.05) is 18.2 Å². The molecule has 0 radical (unpaired) electrons. The molecular weight excluding hydrogens is 490 g/mol. The first-order chi connectivity index (χ1) is 17.6. The predicted octanol–water partition coefficient (Wildman–Crippen LogP) is 3.32. The molecule has 0 atom stereocenters. The number of hydrogen-bond acceptors (Lipinski definition) is 9. The third-order valence-electron chi connectivity index (χ3n) is 6.68. The molecule has 12 heteroatoms. The van der Waals surface area contributed by atoms with E-state index in [0.717, 1.165) is 35.4 Å². The van der Waals surface area contributed by atoms with Gasteiger partial charge in [0.25, 0.3) is 0 Å². The van der Waals surface area contributed by atoms with Crippen molar-refractivity contribution in [1.29, 1.82) is 0 Å². The van der Waals surface area contributed by atoms with Gasteiger partial charge < -0.3 is 16.4 Å². The smallest absolute Gasteiger partial charge is 0.164 e. The minimum atomic E-state index is 0. The van der Waals surface area contributed by atoms with Crippen LogP contribution >= 0.6 is 12.4 Å². The zero-order chi connectivity index (χ0) is 24.2. The van der Waals surface area contributed by atoms with Crippen LogP contribution in [-0.2, 0) is 6.54 Å². The van der Waals surface area contributed by atoms with Gasteiger partial charge in [0.05, 0.1) is 23.6 Å². The van der Waals surface area contributed by atoms with Crippen LogP contribution in [0.5, 0.6) is 0 Å². The van der Waals surface area contributed by atoms with Crippen LogP contribution in [0.1, 0.15) is 18.4 Å². The molecule has 186 valence electrons. The van der Waals surface area contributed by atoms with Crippen LogP contribution in [0, 0.1) is 0 Å². The highest BCUT2D eigenvalue weighted by atomic mass is 35.5. The van der Waals surface area contributed by atoms with Gasteiger partial charge in [0, 0.05) is 18.5 Å². The van der Waals surface area contributed by atoms with Crippen LogP contribution < -0.4 is 16.4 Å². The number of aromatic nitrogens is 8. The molecule has 0 spiro atoms. The van der Waals surface area contributed by atoms with Gasteiger partial charge >= 0.3 is 0 Å². The molecule has 0 bridgehead atoms. The minimum absolute atomic E-state index is 0. The fourth-order valence-corrected chi connectivity index (χ4v) is 4.98. The lowest BCUT2D eigenvalue weighted by Crippen LogP contribution is -2.19. The van der Waals surface area contributed by atoms with Crippen LogP contribution in [0.25, 0.3) is 39.0 Å². The highest BCUT2D eigenvalue weighted by Crippen LogP contribution is 2.31. The average Bonchev–Trinajstić information content (AvgIpc) is 3.62. The molecule has 7 rings (SSSR count). The number of nitrogen functional groups attached to an aromatic ring is 2. The number of imidazole rings is 1. The lowest BCUT2D eigenvalue weighted by Gasteiger charge is -2.19. The molecule has 0 amide bonds. The topological polar surface area (TPSA) is 142 Å².